The number of hydrogen-bond acceptors (Lipinski definition) is 3. The van der Waals surface area contributed by atoms with Gasteiger partial charge in [0, 0.05) is 12.2 Å². The van der Waals surface area contributed by atoms with Crippen molar-refractivity contribution in [2.24, 2.45) is 0 Å². The number of aromatic amines is 1. The molecule has 1 aromatic carbocycles. The lowest BCUT2D eigenvalue weighted by Crippen LogP contribution is -2.11. The Morgan fingerprint density at radius 2 is 2.27 bits per heavy atom. The molecule has 15 heavy (non-hydrogen) atoms. The molecule has 1 aromatic heterocycles. The highest BCUT2D eigenvalue weighted by Crippen LogP contribution is 2.30. The maximum absolute atomic E-state index is 5.76. The first-order valence-corrected chi connectivity index (χ1v) is 5.36. The monoisotopic (exact) mass is 203 g/mol. The molecule has 0 amide bonds. The van der Waals surface area contributed by atoms with Crippen LogP contribution in [0.2, 0.25) is 0 Å². The number of H-pyrrole nitrogens is 1. The van der Waals surface area contributed by atoms with Crippen LogP contribution in [-0.2, 0) is 4.74 Å². The van der Waals surface area contributed by atoms with Gasteiger partial charge in [-0.25, -0.2) is 0 Å². The van der Waals surface area contributed by atoms with Crippen molar-refractivity contribution in [3.05, 3.63) is 23.8 Å². The van der Waals surface area contributed by atoms with E-state index in [1.807, 2.05) is 12.1 Å². The maximum atomic E-state index is 5.76. The molecule has 0 radical (unpaired) electrons. The Hall–Kier alpha value is -1.42. The third-order valence-electron chi connectivity index (χ3n) is 2.90. The smallest absolute Gasteiger partial charge is 0.118 e. The van der Waals surface area contributed by atoms with Crippen LogP contribution in [0.1, 0.15) is 30.9 Å². The number of aromatic nitrogens is 3. The molecule has 4 nitrogen and oxygen atoms in total. The van der Waals surface area contributed by atoms with Crippen molar-refractivity contribution in [1.82, 2.24) is 15.4 Å². The normalized spacial score (nSPS) is 22.0. The summed E-state index contributed by atoms with van der Waals surface area (Å²) in [6, 6.07) is 6.06. The number of benzene rings is 1. The lowest BCUT2D eigenvalue weighted by molar-refractivity contribution is 0.0157. The number of fused-ring (bicyclic) bond motifs is 1. The third kappa shape index (κ3) is 1.51. The summed E-state index contributed by atoms with van der Waals surface area (Å²) in [7, 11) is 0. The zero-order chi connectivity index (χ0) is 10.1. The summed E-state index contributed by atoms with van der Waals surface area (Å²) in [4.78, 5) is 0. The maximum Gasteiger partial charge on any atom is 0.118 e. The molecule has 1 N–H and O–H groups in total. The molecular weight excluding hydrogens is 190 g/mol. The number of hydrogen-bond donors (Lipinski definition) is 1. The number of nitrogens with zero attached hydrogens (tertiary/aromatic N) is 2. The second-order valence-electron chi connectivity index (χ2n) is 3.89. The van der Waals surface area contributed by atoms with E-state index in [1.165, 1.54) is 18.4 Å². The van der Waals surface area contributed by atoms with Crippen LogP contribution in [0.3, 0.4) is 0 Å². The van der Waals surface area contributed by atoms with Crippen LogP contribution in [-0.4, -0.2) is 22.0 Å². The SMILES string of the molecule is c1cc(C2CCCCO2)c2n[nH]nc2c1. The molecule has 2 heterocycles. The van der Waals surface area contributed by atoms with E-state index in [0.29, 0.717) is 0 Å². The average Bonchev–Trinajstić information content (AvgIpc) is 2.78. The molecule has 1 atom stereocenters. The first-order chi connectivity index (χ1) is 7.45. The van der Waals surface area contributed by atoms with Crippen LogP contribution in [0.4, 0.5) is 0 Å². The molecule has 0 bridgehead atoms. The Kier molecular flexibility index (Phi) is 2.14. The molecule has 0 aliphatic carbocycles. The highest BCUT2D eigenvalue weighted by atomic mass is 16.5. The van der Waals surface area contributed by atoms with Crippen LogP contribution >= 0.6 is 0 Å². The Morgan fingerprint density at radius 1 is 1.27 bits per heavy atom. The molecule has 1 aliphatic rings. The summed E-state index contributed by atoms with van der Waals surface area (Å²) in [5.74, 6) is 0. The van der Waals surface area contributed by atoms with E-state index in [2.05, 4.69) is 21.5 Å². The quantitative estimate of drug-likeness (QED) is 0.773. The lowest BCUT2D eigenvalue weighted by Gasteiger charge is -2.22. The Morgan fingerprint density at radius 3 is 3.13 bits per heavy atom. The van der Waals surface area contributed by atoms with Gasteiger partial charge in [0.1, 0.15) is 11.0 Å². The summed E-state index contributed by atoms with van der Waals surface area (Å²) in [6.45, 7) is 0.860. The topological polar surface area (TPSA) is 50.8 Å². The van der Waals surface area contributed by atoms with Gasteiger partial charge in [0.2, 0.25) is 0 Å². The lowest BCUT2D eigenvalue weighted by atomic mass is 10.0. The first kappa shape index (κ1) is 8.85. The molecule has 1 aliphatic heterocycles. The van der Waals surface area contributed by atoms with Gasteiger partial charge in [0.25, 0.3) is 0 Å². The fraction of sp³-hybridized carbons (Fsp3) is 0.455. The Balaban J connectivity index is 2.05. The third-order valence-corrected chi connectivity index (χ3v) is 2.90. The van der Waals surface area contributed by atoms with Crippen molar-refractivity contribution in [3.63, 3.8) is 0 Å². The Labute approximate surface area is 87.6 Å². The van der Waals surface area contributed by atoms with Crippen molar-refractivity contribution >= 4 is 11.0 Å². The molecule has 4 heteroatoms. The predicted molar refractivity (Wildman–Crippen MR) is 56.4 cm³/mol. The van der Waals surface area contributed by atoms with Gasteiger partial charge in [-0.1, -0.05) is 12.1 Å². The van der Waals surface area contributed by atoms with Gasteiger partial charge in [-0.15, -0.1) is 0 Å². The molecule has 1 saturated heterocycles. The van der Waals surface area contributed by atoms with Crippen molar-refractivity contribution in [3.8, 4) is 0 Å². The molecule has 2 aromatic rings. The molecule has 0 saturated carbocycles. The van der Waals surface area contributed by atoms with E-state index in [1.54, 1.807) is 0 Å². The minimum Gasteiger partial charge on any atom is -0.373 e. The van der Waals surface area contributed by atoms with Crippen molar-refractivity contribution in [2.75, 3.05) is 6.61 Å². The summed E-state index contributed by atoms with van der Waals surface area (Å²) in [5, 5.41) is 10.9. The highest BCUT2D eigenvalue weighted by Gasteiger charge is 2.19. The van der Waals surface area contributed by atoms with Gasteiger partial charge in [0.05, 0.1) is 6.10 Å². The van der Waals surface area contributed by atoms with Crippen molar-refractivity contribution in [2.45, 2.75) is 25.4 Å². The Bertz CT molecular complexity index is 460. The number of para-hydroxylation sites is 1. The molecule has 1 unspecified atom stereocenters. The number of ether oxygens (including phenoxy) is 1. The van der Waals surface area contributed by atoms with Crippen LogP contribution in [0.15, 0.2) is 18.2 Å². The number of nitrogens with one attached hydrogen (secondary N) is 1. The van der Waals surface area contributed by atoms with Crippen LogP contribution in [0, 0.1) is 0 Å². The number of rotatable bonds is 1. The van der Waals surface area contributed by atoms with Gasteiger partial charge in [0.15, 0.2) is 0 Å². The van der Waals surface area contributed by atoms with E-state index in [0.717, 1.165) is 24.1 Å². The zero-order valence-electron chi connectivity index (χ0n) is 8.44. The van der Waals surface area contributed by atoms with E-state index < -0.39 is 0 Å². The van der Waals surface area contributed by atoms with Gasteiger partial charge in [-0.3, -0.25) is 0 Å². The standard InChI is InChI=1S/C11H13N3O/c1-2-7-15-10(6-1)8-4-3-5-9-11(8)13-14-12-9/h3-5,10H,1-2,6-7H2,(H,12,13,14). The van der Waals surface area contributed by atoms with Crippen LogP contribution in [0.5, 0.6) is 0 Å². The molecule has 0 spiro atoms. The minimum absolute atomic E-state index is 0.201. The average molecular weight is 203 g/mol. The van der Waals surface area contributed by atoms with Gasteiger partial charge < -0.3 is 4.74 Å². The largest absolute Gasteiger partial charge is 0.373 e. The fourth-order valence-corrected chi connectivity index (χ4v) is 2.14. The van der Waals surface area contributed by atoms with Gasteiger partial charge in [-0.2, -0.15) is 15.4 Å². The van der Waals surface area contributed by atoms with Crippen molar-refractivity contribution < 1.29 is 4.74 Å². The highest BCUT2D eigenvalue weighted by molar-refractivity contribution is 5.77. The summed E-state index contributed by atoms with van der Waals surface area (Å²) >= 11 is 0. The van der Waals surface area contributed by atoms with Crippen molar-refractivity contribution in [1.29, 1.82) is 0 Å². The second kappa shape index (κ2) is 3.62. The molecule has 78 valence electrons. The molecular formula is C11H13N3O. The van der Waals surface area contributed by atoms with E-state index >= 15 is 0 Å². The molecule has 3 rings (SSSR count). The summed E-state index contributed by atoms with van der Waals surface area (Å²) < 4.78 is 5.76. The predicted octanol–water partition coefficient (Wildman–Crippen LogP) is 2.20. The second-order valence-corrected chi connectivity index (χ2v) is 3.89. The van der Waals surface area contributed by atoms with Gasteiger partial charge >= 0.3 is 0 Å². The fourth-order valence-electron chi connectivity index (χ4n) is 2.14. The van der Waals surface area contributed by atoms with E-state index in [-0.39, 0.29) is 6.10 Å². The zero-order valence-corrected chi connectivity index (χ0v) is 8.44. The van der Waals surface area contributed by atoms with Crippen LogP contribution in [0.25, 0.3) is 11.0 Å². The molecule has 1 fully saturated rings. The summed E-state index contributed by atoms with van der Waals surface area (Å²) in [6.07, 6.45) is 3.70. The summed E-state index contributed by atoms with van der Waals surface area (Å²) in [5.41, 5.74) is 3.03. The van der Waals surface area contributed by atoms with Gasteiger partial charge in [-0.05, 0) is 25.3 Å². The van der Waals surface area contributed by atoms with Crippen LogP contribution < -0.4 is 0 Å². The van der Waals surface area contributed by atoms with E-state index in [4.69, 9.17) is 4.74 Å². The van der Waals surface area contributed by atoms with E-state index in [9.17, 15) is 0 Å². The first-order valence-electron chi connectivity index (χ1n) is 5.36. The minimum atomic E-state index is 0.201.